The SMILES string of the molecule is C=C(C)CN1CCC(NC(=NCC(O)(CC)CC)NCC)CC1.I. The summed E-state index contributed by atoms with van der Waals surface area (Å²) in [4.78, 5) is 7.06. The topological polar surface area (TPSA) is 59.9 Å². The van der Waals surface area contributed by atoms with Gasteiger partial charge < -0.3 is 15.7 Å². The third kappa shape index (κ3) is 8.67. The molecule has 1 fully saturated rings. The molecule has 0 aliphatic carbocycles. The van der Waals surface area contributed by atoms with Crippen molar-refractivity contribution in [3.63, 3.8) is 0 Å². The van der Waals surface area contributed by atoms with Gasteiger partial charge in [-0.25, -0.2) is 0 Å². The van der Waals surface area contributed by atoms with Gasteiger partial charge in [0.25, 0.3) is 0 Å². The number of hydrogen-bond donors (Lipinski definition) is 3. The van der Waals surface area contributed by atoms with Gasteiger partial charge in [0, 0.05) is 32.2 Å². The average molecular weight is 452 g/mol. The van der Waals surface area contributed by atoms with E-state index < -0.39 is 5.60 Å². The van der Waals surface area contributed by atoms with Gasteiger partial charge in [0.05, 0.1) is 12.1 Å². The van der Waals surface area contributed by atoms with Crippen molar-refractivity contribution in [1.29, 1.82) is 0 Å². The van der Waals surface area contributed by atoms with Crippen LogP contribution in [0.4, 0.5) is 0 Å². The first-order chi connectivity index (χ1) is 10.9. The Labute approximate surface area is 165 Å². The number of nitrogens with one attached hydrogen (secondary N) is 2. The van der Waals surface area contributed by atoms with Crippen molar-refractivity contribution in [2.45, 2.75) is 65.0 Å². The number of rotatable bonds is 8. The summed E-state index contributed by atoms with van der Waals surface area (Å²) in [7, 11) is 0. The predicted molar refractivity (Wildman–Crippen MR) is 114 cm³/mol. The van der Waals surface area contributed by atoms with Crippen LogP contribution in [0, 0.1) is 0 Å². The minimum atomic E-state index is -0.687. The fraction of sp³-hybridized carbons (Fsp3) is 0.833. The van der Waals surface area contributed by atoms with Crippen LogP contribution in [0.15, 0.2) is 17.1 Å². The Kier molecular flexibility index (Phi) is 11.9. The fourth-order valence-corrected chi connectivity index (χ4v) is 2.83. The van der Waals surface area contributed by atoms with Crippen molar-refractivity contribution in [2.24, 2.45) is 4.99 Å². The molecule has 0 amide bonds. The molecule has 1 aliphatic heterocycles. The average Bonchev–Trinajstić information content (AvgIpc) is 2.54. The van der Waals surface area contributed by atoms with Crippen molar-refractivity contribution in [3.05, 3.63) is 12.2 Å². The molecule has 0 unspecified atom stereocenters. The molecule has 1 rings (SSSR count). The Morgan fingerprint density at radius 2 is 1.83 bits per heavy atom. The zero-order valence-corrected chi connectivity index (χ0v) is 18.2. The lowest BCUT2D eigenvalue weighted by Gasteiger charge is -2.33. The molecule has 0 bridgehead atoms. The minimum Gasteiger partial charge on any atom is -0.388 e. The maximum atomic E-state index is 10.4. The highest BCUT2D eigenvalue weighted by atomic mass is 127. The van der Waals surface area contributed by atoms with Crippen LogP contribution in [-0.2, 0) is 0 Å². The Morgan fingerprint density at radius 1 is 1.25 bits per heavy atom. The first kappa shape index (κ1) is 23.7. The van der Waals surface area contributed by atoms with E-state index in [2.05, 4.69) is 41.0 Å². The van der Waals surface area contributed by atoms with Gasteiger partial charge >= 0.3 is 0 Å². The Bertz CT molecular complexity index is 388. The summed E-state index contributed by atoms with van der Waals surface area (Å²) in [5.74, 6) is 0.825. The van der Waals surface area contributed by atoms with E-state index in [1.807, 2.05) is 13.8 Å². The predicted octanol–water partition coefficient (Wildman–Crippen LogP) is 2.75. The quantitative estimate of drug-likeness (QED) is 0.230. The van der Waals surface area contributed by atoms with Gasteiger partial charge in [-0.3, -0.25) is 9.89 Å². The molecule has 0 aromatic carbocycles. The molecule has 0 aromatic rings. The van der Waals surface area contributed by atoms with Crippen molar-refractivity contribution in [1.82, 2.24) is 15.5 Å². The number of hydrogen-bond acceptors (Lipinski definition) is 3. The number of nitrogens with zero attached hydrogens (tertiary/aromatic N) is 2. The molecule has 1 saturated heterocycles. The van der Waals surface area contributed by atoms with Crippen molar-refractivity contribution >= 4 is 29.9 Å². The van der Waals surface area contributed by atoms with Gasteiger partial charge in [0.15, 0.2) is 5.96 Å². The largest absolute Gasteiger partial charge is 0.388 e. The summed E-state index contributed by atoms with van der Waals surface area (Å²) in [6, 6.07) is 0.450. The number of guanidine groups is 1. The monoisotopic (exact) mass is 452 g/mol. The van der Waals surface area contributed by atoms with E-state index in [0.717, 1.165) is 57.8 Å². The van der Waals surface area contributed by atoms with E-state index in [-0.39, 0.29) is 24.0 Å². The van der Waals surface area contributed by atoms with Gasteiger partial charge in [-0.15, -0.1) is 24.0 Å². The summed E-state index contributed by atoms with van der Waals surface area (Å²) in [6.07, 6.45) is 3.68. The second-order valence-corrected chi connectivity index (χ2v) is 6.78. The summed E-state index contributed by atoms with van der Waals surface area (Å²) in [5.41, 5.74) is 0.539. The first-order valence-electron chi connectivity index (χ1n) is 9.06. The van der Waals surface area contributed by atoms with Gasteiger partial charge in [-0.2, -0.15) is 0 Å². The Balaban J connectivity index is 0.00000529. The molecular formula is C18H37IN4O. The minimum absolute atomic E-state index is 0. The van der Waals surface area contributed by atoms with E-state index in [1.165, 1.54) is 5.57 Å². The van der Waals surface area contributed by atoms with Crippen LogP contribution in [0.2, 0.25) is 0 Å². The molecular weight excluding hydrogens is 415 g/mol. The zero-order chi connectivity index (χ0) is 17.3. The van der Waals surface area contributed by atoms with Gasteiger partial charge in [-0.05, 0) is 39.5 Å². The van der Waals surface area contributed by atoms with Crippen LogP contribution in [-0.4, -0.2) is 60.3 Å². The maximum absolute atomic E-state index is 10.4. The van der Waals surface area contributed by atoms with Crippen molar-refractivity contribution in [2.75, 3.05) is 32.7 Å². The van der Waals surface area contributed by atoms with Crippen LogP contribution < -0.4 is 10.6 Å². The lowest BCUT2D eigenvalue weighted by Crippen LogP contribution is -2.49. The van der Waals surface area contributed by atoms with Gasteiger partial charge in [-0.1, -0.05) is 26.0 Å². The number of aliphatic imine (C=N–C) groups is 1. The fourth-order valence-electron chi connectivity index (χ4n) is 2.83. The van der Waals surface area contributed by atoms with Crippen LogP contribution in [0.3, 0.4) is 0 Å². The van der Waals surface area contributed by atoms with E-state index in [4.69, 9.17) is 0 Å². The smallest absolute Gasteiger partial charge is 0.191 e. The second-order valence-electron chi connectivity index (χ2n) is 6.78. The molecule has 0 radical (unpaired) electrons. The zero-order valence-electron chi connectivity index (χ0n) is 15.9. The number of likely N-dealkylation sites (tertiary alicyclic amines) is 1. The lowest BCUT2D eigenvalue weighted by molar-refractivity contribution is 0.0417. The van der Waals surface area contributed by atoms with Gasteiger partial charge in [0.1, 0.15) is 0 Å². The van der Waals surface area contributed by atoms with E-state index in [0.29, 0.717) is 12.6 Å². The van der Waals surface area contributed by atoms with Gasteiger partial charge in [0.2, 0.25) is 0 Å². The first-order valence-corrected chi connectivity index (χ1v) is 9.06. The van der Waals surface area contributed by atoms with Crippen LogP contribution in [0.1, 0.15) is 53.4 Å². The highest BCUT2D eigenvalue weighted by Crippen LogP contribution is 2.15. The normalized spacial score (nSPS) is 17.3. The molecule has 5 nitrogen and oxygen atoms in total. The van der Waals surface area contributed by atoms with Crippen LogP contribution in [0.5, 0.6) is 0 Å². The number of halogens is 1. The molecule has 0 atom stereocenters. The van der Waals surface area contributed by atoms with E-state index in [9.17, 15) is 5.11 Å². The van der Waals surface area contributed by atoms with Crippen molar-refractivity contribution < 1.29 is 5.11 Å². The maximum Gasteiger partial charge on any atom is 0.191 e. The van der Waals surface area contributed by atoms with Crippen LogP contribution in [0.25, 0.3) is 0 Å². The van der Waals surface area contributed by atoms with Crippen LogP contribution >= 0.6 is 24.0 Å². The second kappa shape index (κ2) is 12.1. The highest BCUT2D eigenvalue weighted by molar-refractivity contribution is 14.0. The highest BCUT2D eigenvalue weighted by Gasteiger charge is 2.23. The molecule has 0 spiro atoms. The Morgan fingerprint density at radius 3 is 2.29 bits per heavy atom. The molecule has 24 heavy (non-hydrogen) atoms. The molecule has 1 aliphatic rings. The summed E-state index contributed by atoms with van der Waals surface area (Å²) < 4.78 is 0. The Hall–Kier alpha value is -0.340. The molecule has 6 heteroatoms. The molecule has 1 heterocycles. The summed E-state index contributed by atoms with van der Waals surface area (Å²) >= 11 is 0. The third-order valence-electron chi connectivity index (χ3n) is 4.61. The third-order valence-corrected chi connectivity index (χ3v) is 4.61. The lowest BCUT2D eigenvalue weighted by atomic mass is 9.98. The number of aliphatic hydroxyl groups is 1. The van der Waals surface area contributed by atoms with E-state index in [1.54, 1.807) is 0 Å². The summed E-state index contributed by atoms with van der Waals surface area (Å²) in [5, 5.41) is 17.2. The standard InChI is InChI=1S/C18H36N4O.HI/c1-6-18(23,7-2)14-20-17(19-8-3)21-16-9-11-22(12-10-16)13-15(4)5;/h16,23H,4,6-14H2,1-3,5H3,(H2,19,20,21);1H. The van der Waals surface area contributed by atoms with Crippen molar-refractivity contribution in [3.8, 4) is 0 Å². The number of piperidine rings is 1. The molecule has 0 saturated carbocycles. The van der Waals surface area contributed by atoms with E-state index >= 15 is 0 Å². The molecule has 3 N–H and O–H groups in total. The summed E-state index contributed by atoms with van der Waals surface area (Å²) in [6.45, 7) is 16.6. The molecule has 0 aromatic heterocycles. The molecule has 142 valence electrons.